The topological polar surface area (TPSA) is 153 Å². The third-order valence-electron chi connectivity index (χ3n) is 10.7. The summed E-state index contributed by atoms with van der Waals surface area (Å²) in [5.41, 5.74) is 3.86. The molecule has 0 amide bonds. The molecule has 7 aromatic carbocycles. The van der Waals surface area contributed by atoms with Gasteiger partial charge in [-0.2, -0.15) is 44.7 Å². The molecule has 0 bridgehead atoms. The Morgan fingerprint density at radius 1 is 0.383 bits per heavy atom. The van der Waals surface area contributed by atoms with E-state index in [1.807, 2.05) is 15.2 Å². The quantitative estimate of drug-likeness (QED) is 0.173. The molecule has 2 heterocycles. The van der Waals surface area contributed by atoms with Crippen LogP contribution >= 0.6 is 0 Å². The van der Waals surface area contributed by atoms with Crippen molar-refractivity contribution in [3.8, 4) is 70.0 Å². The van der Waals surface area contributed by atoms with Gasteiger partial charge in [0.2, 0.25) is 0 Å². The zero-order chi connectivity index (χ0) is 41.9. The van der Waals surface area contributed by atoms with Gasteiger partial charge >= 0.3 is 6.18 Å². The van der Waals surface area contributed by atoms with Crippen LogP contribution in [0.3, 0.4) is 0 Å². The number of hydrogen-bond donors (Lipinski definition) is 0. The van der Waals surface area contributed by atoms with Crippen molar-refractivity contribution in [1.82, 2.24) is 9.13 Å². The van der Waals surface area contributed by atoms with Crippen LogP contribution in [0.4, 0.5) is 13.2 Å². The number of rotatable bonds is 4. The molecule has 9 rings (SSSR count). The van der Waals surface area contributed by atoms with Gasteiger partial charge in [-0.05, 0) is 114 Å². The second-order valence-electron chi connectivity index (χ2n) is 13.9. The predicted octanol–water partition coefficient (Wildman–Crippen LogP) is 11.5. The van der Waals surface area contributed by atoms with E-state index >= 15 is 13.2 Å². The van der Waals surface area contributed by atoms with Gasteiger partial charge in [0.15, 0.2) is 0 Å². The zero-order valence-electron chi connectivity index (χ0n) is 30.8. The van der Waals surface area contributed by atoms with Crippen molar-refractivity contribution < 1.29 is 13.2 Å². The maximum absolute atomic E-state index is 15.2. The summed E-state index contributed by atoms with van der Waals surface area (Å²) in [5.74, 6) is 0. The molecule has 0 aliphatic heterocycles. The Labute approximate surface area is 339 Å². The molecule has 0 aliphatic rings. The molecule has 0 aliphatic carbocycles. The highest BCUT2D eigenvalue weighted by atomic mass is 19.4. The second-order valence-corrected chi connectivity index (χ2v) is 13.9. The van der Waals surface area contributed by atoms with Crippen molar-refractivity contribution in [2.75, 3.05) is 0 Å². The maximum atomic E-state index is 15.2. The van der Waals surface area contributed by atoms with Crippen LogP contribution in [0.25, 0.3) is 77.2 Å². The van der Waals surface area contributed by atoms with E-state index in [0.717, 1.165) is 6.07 Å². The minimum absolute atomic E-state index is 0.102. The van der Waals surface area contributed by atoms with Crippen molar-refractivity contribution in [3.05, 3.63) is 166 Å². The van der Waals surface area contributed by atoms with Gasteiger partial charge in [0, 0.05) is 32.7 Å². The van der Waals surface area contributed by atoms with Gasteiger partial charge in [0.25, 0.3) is 0 Å². The normalized spacial score (nSPS) is 11.2. The first-order chi connectivity index (χ1) is 29.1. The van der Waals surface area contributed by atoms with Crippen LogP contribution in [0.15, 0.2) is 127 Å². The lowest BCUT2D eigenvalue weighted by atomic mass is 9.86. The monoisotopic (exact) mass is 778 g/mol. The summed E-state index contributed by atoms with van der Waals surface area (Å²) < 4.78 is 49.2. The van der Waals surface area contributed by atoms with Crippen molar-refractivity contribution in [3.63, 3.8) is 0 Å². The maximum Gasteiger partial charge on any atom is 0.417 e. The third kappa shape index (κ3) is 5.56. The fraction of sp³-hybridized carbons (Fsp3) is 0.0204. The number of fused-ring (bicyclic) bond motifs is 6. The van der Waals surface area contributed by atoms with Crippen LogP contribution in [-0.2, 0) is 6.18 Å². The van der Waals surface area contributed by atoms with E-state index in [4.69, 9.17) is 0 Å². The SMILES string of the molecule is N#Cc1ccc(-c2cccc(-n3c4ccc(C#N)cc4c4cc(C#N)ccc43)c2-c2c(C#N)cccc2-n2c3ccc(C#N)cc3c3cc(C#N)ccc32)c(C(F)(F)F)c1. The Hall–Kier alpha value is -9.13. The molecule has 0 unspecified atom stereocenters. The molecule has 2 aromatic heterocycles. The summed E-state index contributed by atoms with van der Waals surface area (Å²) in [4.78, 5) is 0. The van der Waals surface area contributed by atoms with E-state index in [1.165, 1.54) is 12.1 Å². The van der Waals surface area contributed by atoms with Gasteiger partial charge in [-0.3, -0.25) is 0 Å². The number of halogens is 3. The van der Waals surface area contributed by atoms with Crippen LogP contribution in [-0.4, -0.2) is 9.13 Å². The highest BCUT2D eigenvalue weighted by Crippen LogP contribution is 2.48. The summed E-state index contributed by atoms with van der Waals surface area (Å²) in [6, 6.07) is 46.4. The number of alkyl halides is 3. The van der Waals surface area contributed by atoms with E-state index in [0.29, 0.717) is 77.2 Å². The molecule has 60 heavy (non-hydrogen) atoms. The number of hydrogen-bond acceptors (Lipinski definition) is 6. The molecule has 0 spiro atoms. The molecular formula is C49H21F3N8. The van der Waals surface area contributed by atoms with Gasteiger partial charge < -0.3 is 9.13 Å². The fourth-order valence-corrected chi connectivity index (χ4v) is 8.22. The molecule has 278 valence electrons. The highest BCUT2D eigenvalue weighted by molar-refractivity contribution is 6.13. The molecule has 11 heteroatoms. The lowest BCUT2D eigenvalue weighted by Crippen LogP contribution is -2.09. The zero-order valence-corrected chi connectivity index (χ0v) is 30.8. The Kier molecular flexibility index (Phi) is 8.40. The molecule has 0 saturated heterocycles. The first kappa shape index (κ1) is 36.5. The van der Waals surface area contributed by atoms with Crippen LogP contribution < -0.4 is 0 Å². The lowest BCUT2D eigenvalue weighted by molar-refractivity contribution is -0.137. The number of nitriles is 6. The lowest BCUT2D eigenvalue weighted by Gasteiger charge is -2.24. The molecule has 9 aromatic rings. The summed E-state index contributed by atoms with van der Waals surface area (Å²) in [7, 11) is 0. The van der Waals surface area contributed by atoms with E-state index in [9.17, 15) is 31.6 Å². The van der Waals surface area contributed by atoms with Crippen LogP contribution in [0, 0.1) is 68.0 Å². The molecule has 0 N–H and O–H groups in total. The summed E-state index contributed by atoms with van der Waals surface area (Å²) in [6.07, 6.45) is -4.90. The largest absolute Gasteiger partial charge is 0.417 e. The van der Waals surface area contributed by atoms with Crippen LogP contribution in [0.1, 0.15) is 38.9 Å². The molecule has 0 saturated carbocycles. The molecule has 0 radical (unpaired) electrons. The molecular weight excluding hydrogens is 758 g/mol. The summed E-state index contributed by atoms with van der Waals surface area (Å²) >= 11 is 0. The van der Waals surface area contributed by atoms with Crippen LogP contribution in [0.2, 0.25) is 0 Å². The Balaban J connectivity index is 1.51. The summed E-state index contributed by atoms with van der Waals surface area (Å²) in [6.45, 7) is 0. The van der Waals surface area contributed by atoms with Gasteiger partial charge in [-0.1, -0.05) is 24.3 Å². The van der Waals surface area contributed by atoms with Crippen molar-refractivity contribution in [1.29, 1.82) is 31.6 Å². The number of nitrogens with zero attached hydrogens (tertiary/aromatic N) is 8. The Morgan fingerprint density at radius 2 is 0.767 bits per heavy atom. The average Bonchev–Trinajstić information content (AvgIpc) is 3.78. The van der Waals surface area contributed by atoms with Crippen LogP contribution in [0.5, 0.6) is 0 Å². The van der Waals surface area contributed by atoms with Crippen molar-refractivity contribution >= 4 is 43.6 Å². The molecule has 0 atom stereocenters. The van der Waals surface area contributed by atoms with E-state index in [2.05, 4.69) is 30.3 Å². The fourth-order valence-electron chi connectivity index (χ4n) is 8.22. The van der Waals surface area contributed by atoms with Gasteiger partial charge in [0.1, 0.15) is 0 Å². The Morgan fingerprint density at radius 3 is 1.17 bits per heavy atom. The second kappa shape index (κ2) is 13.8. The van der Waals surface area contributed by atoms with E-state index in [-0.39, 0.29) is 33.4 Å². The van der Waals surface area contributed by atoms with E-state index in [1.54, 1.807) is 109 Å². The minimum atomic E-state index is -4.90. The Bertz CT molecular complexity index is 3480. The first-order valence-electron chi connectivity index (χ1n) is 18.2. The third-order valence-corrected chi connectivity index (χ3v) is 10.7. The average molecular weight is 779 g/mol. The van der Waals surface area contributed by atoms with Gasteiger partial charge in [-0.25, -0.2) is 0 Å². The molecule has 8 nitrogen and oxygen atoms in total. The van der Waals surface area contributed by atoms with Gasteiger partial charge in [-0.15, -0.1) is 0 Å². The standard InChI is InChI=1S/C49H21F3N8/c50-49(51,52)40-21-32(26-57)7-12-34(40)35-4-2-6-46(60-43-15-10-30(24-55)19-38(43)39-20-31(25-56)11-16-44(39)60)48(35)47-33(27-58)3-1-5-45(47)59-41-13-8-28(22-53)17-36(41)37-18-29(23-54)9-14-42(37)59/h1-21H. The smallest absolute Gasteiger partial charge is 0.309 e. The van der Waals surface area contributed by atoms with Crippen molar-refractivity contribution in [2.45, 2.75) is 6.18 Å². The van der Waals surface area contributed by atoms with Crippen molar-refractivity contribution in [2.24, 2.45) is 0 Å². The highest BCUT2D eigenvalue weighted by Gasteiger charge is 2.36. The van der Waals surface area contributed by atoms with E-state index < -0.39 is 11.7 Å². The predicted molar refractivity (Wildman–Crippen MR) is 219 cm³/mol. The summed E-state index contributed by atoms with van der Waals surface area (Å²) in [5, 5.41) is 62.6. The van der Waals surface area contributed by atoms with Gasteiger partial charge in [0.05, 0.1) is 109 Å². The number of aromatic nitrogens is 2. The minimum Gasteiger partial charge on any atom is -0.309 e. The first-order valence-corrected chi connectivity index (χ1v) is 18.2. The molecule has 0 fully saturated rings. The number of benzene rings is 7.